The molecule has 2 fully saturated rings. The number of pyridine rings is 1. The molecule has 1 spiro atoms. The van der Waals surface area contributed by atoms with E-state index in [0.717, 1.165) is 60.1 Å². The average molecular weight is 1060 g/mol. The molecule has 8 rings (SSSR count). The van der Waals surface area contributed by atoms with Crippen LogP contribution >= 0.6 is 11.6 Å². The SMILES string of the molecule is COC(=O)C(Cc1cccc(OC[C@H]2COCCO2)c1)NC(=O)CCCOc1ccc2c(c1)C1(CCC(C(=O)OC)(N(C(=O)C(F)(F)F)c3cccc(Cl)c3)CC1)[C@@H](C[C@@H](C)COc1ccnc3c1[C@H](C)CCC3)C2. The number of aryl methyl sites for hydroxylation is 1. The van der Waals surface area contributed by atoms with Crippen molar-refractivity contribution >= 4 is 41.0 Å². The van der Waals surface area contributed by atoms with Crippen LogP contribution in [-0.4, -0.2) is 106 Å². The number of anilines is 1. The quantitative estimate of drug-likeness (QED) is 0.0661. The maximum Gasteiger partial charge on any atom is 0.471 e. The van der Waals surface area contributed by atoms with Gasteiger partial charge in [0.05, 0.1) is 47.3 Å². The maximum atomic E-state index is 14.6. The number of aromatic nitrogens is 1. The van der Waals surface area contributed by atoms with Crippen LogP contribution in [0.1, 0.15) is 106 Å². The molecule has 1 saturated heterocycles. The Morgan fingerprint density at radius 2 is 1.72 bits per heavy atom. The molecule has 1 aromatic heterocycles. The molecular formula is C57H67ClF3N3O11. The monoisotopic (exact) mass is 1060 g/mol. The summed E-state index contributed by atoms with van der Waals surface area (Å²) in [4.78, 5) is 59.0. The topological polar surface area (TPSA) is 161 Å². The maximum absolute atomic E-state index is 14.6. The Morgan fingerprint density at radius 1 is 0.933 bits per heavy atom. The van der Waals surface area contributed by atoms with Gasteiger partial charge >= 0.3 is 24.0 Å². The van der Waals surface area contributed by atoms with Gasteiger partial charge in [-0.25, -0.2) is 9.59 Å². The van der Waals surface area contributed by atoms with Crippen molar-refractivity contribution in [3.8, 4) is 17.2 Å². The molecular weight excluding hydrogens is 995 g/mol. The van der Waals surface area contributed by atoms with Gasteiger partial charge in [0, 0.05) is 41.0 Å². The van der Waals surface area contributed by atoms with Crippen LogP contribution in [0, 0.1) is 11.8 Å². The van der Waals surface area contributed by atoms with Crippen molar-refractivity contribution in [3.05, 3.63) is 112 Å². The van der Waals surface area contributed by atoms with Crippen LogP contribution in [-0.2, 0) is 62.8 Å². The second-order valence-corrected chi connectivity index (χ2v) is 20.9. The predicted octanol–water partition coefficient (Wildman–Crippen LogP) is 9.63. The van der Waals surface area contributed by atoms with Gasteiger partial charge in [0.25, 0.3) is 0 Å². The van der Waals surface area contributed by atoms with E-state index in [1.165, 1.54) is 31.4 Å². The van der Waals surface area contributed by atoms with Gasteiger partial charge in [0.15, 0.2) is 0 Å². The number of carbonyl (C=O) groups is 4. The van der Waals surface area contributed by atoms with Crippen LogP contribution in [0.5, 0.6) is 17.2 Å². The Morgan fingerprint density at radius 3 is 2.45 bits per heavy atom. The highest BCUT2D eigenvalue weighted by atomic mass is 35.5. The van der Waals surface area contributed by atoms with Gasteiger partial charge in [0.2, 0.25) is 5.91 Å². The smallest absolute Gasteiger partial charge is 0.471 e. The minimum atomic E-state index is -5.32. The third kappa shape index (κ3) is 12.9. The highest BCUT2D eigenvalue weighted by Gasteiger charge is 2.60. The van der Waals surface area contributed by atoms with Gasteiger partial charge < -0.3 is 38.5 Å². The number of rotatable bonds is 20. The number of benzene rings is 3. The lowest BCUT2D eigenvalue weighted by molar-refractivity contribution is -0.174. The van der Waals surface area contributed by atoms with E-state index in [9.17, 15) is 32.3 Å². The number of carbonyl (C=O) groups excluding carboxylic acids is 4. The second kappa shape index (κ2) is 24.4. The molecule has 1 N–H and O–H groups in total. The van der Waals surface area contributed by atoms with Gasteiger partial charge in [-0.1, -0.05) is 49.7 Å². The van der Waals surface area contributed by atoms with Gasteiger partial charge in [-0.2, -0.15) is 13.2 Å². The number of fused-ring (bicyclic) bond motifs is 3. The average Bonchev–Trinajstić information content (AvgIpc) is 3.70. The zero-order valence-corrected chi connectivity index (χ0v) is 43.8. The van der Waals surface area contributed by atoms with Gasteiger partial charge in [-0.05, 0) is 153 Å². The van der Waals surface area contributed by atoms with E-state index in [1.54, 1.807) is 18.3 Å². The van der Waals surface area contributed by atoms with Gasteiger partial charge in [-0.3, -0.25) is 19.5 Å². The molecule has 2 amide bonds. The number of alkyl halides is 3. The first-order valence-corrected chi connectivity index (χ1v) is 26.3. The molecule has 2 heterocycles. The summed E-state index contributed by atoms with van der Waals surface area (Å²) >= 11 is 6.30. The molecule has 4 aliphatic rings. The van der Waals surface area contributed by atoms with Crippen molar-refractivity contribution in [1.82, 2.24) is 10.3 Å². The summed E-state index contributed by atoms with van der Waals surface area (Å²) < 4.78 is 84.0. The second-order valence-electron chi connectivity index (χ2n) is 20.5. The van der Waals surface area contributed by atoms with E-state index in [4.69, 9.17) is 44.8 Å². The number of ether oxygens (including phenoxy) is 7. The van der Waals surface area contributed by atoms with Crippen molar-refractivity contribution in [2.24, 2.45) is 11.8 Å². The standard InChI is InChI=1S/C57H67ClF3N3O11/c1-36(33-75-49-18-23-62-47-14-5-9-37(2)51(47)49)27-40-30-39-16-17-44(72-24-8-15-50(65)63-48(52(66)69-3)29-38-10-6-13-43(28-38)74-35-45-34-71-25-26-73-45)32-46(39)55(40)19-21-56(22-20-55,54(68)70-4)64(53(67)57(59,60)61)42-12-7-11-41(58)31-42/h6-7,10-13,16-18,23,28,31-32,36-37,40,45,48H,5,8-9,14-15,19-22,24-27,29-30,33-35H2,1-4H3,(H,63,65)/t36-,37-,40+,45-,48?,55?,56?/m1/s1. The van der Waals surface area contributed by atoms with E-state index in [2.05, 4.69) is 24.1 Å². The van der Waals surface area contributed by atoms with E-state index in [1.807, 2.05) is 36.4 Å². The number of hydrogen-bond acceptors (Lipinski definition) is 12. The Kier molecular flexibility index (Phi) is 18.0. The molecule has 75 heavy (non-hydrogen) atoms. The molecule has 404 valence electrons. The summed E-state index contributed by atoms with van der Waals surface area (Å²) in [5, 5.41) is 2.91. The molecule has 1 unspecified atom stereocenters. The van der Waals surface area contributed by atoms with Crippen LogP contribution in [0.3, 0.4) is 0 Å². The number of halogens is 4. The molecule has 1 saturated carbocycles. The van der Waals surface area contributed by atoms with Gasteiger partial charge in [0.1, 0.15) is 41.5 Å². The first-order chi connectivity index (χ1) is 36.0. The van der Waals surface area contributed by atoms with Crippen LogP contribution in [0.4, 0.5) is 18.9 Å². The van der Waals surface area contributed by atoms with Crippen molar-refractivity contribution in [2.45, 2.75) is 126 Å². The minimum absolute atomic E-state index is 0.0204. The fourth-order valence-electron chi connectivity index (χ4n) is 11.8. The Bertz CT molecular complexity index is 2650. The lowest BCUT2D eigenvalue weighted by Gasteiger charge is -2.51. The summed E-state index contributed by atoms with van der Waals surface area (Å²) in [6.45, 7) is 6.72. The Balaban J connectivity index is 0.977. The van der Waals surface area contributed by atoms with Crippen molar-refractivity contribution < 1.29 is 65.5 Å². The summed E-state index contributed by atoms with van der Waals surface area (Å²) in [6.07, 6.45) is 1.47. The zero-order chi connectivity index (χ0) is 53.3. The summed E-state index contributed by atoms with van der Waals surface area (Å²) in [5.41, 5.74) is 2.20. The molecule has 0 bridgehead atoms. The van der Waals surface area contributed by atoms with Crippen LogP contribution < -0.4 is 24.4 Å². The van der Waals surface area contributed by atoms with E-state index in [0.29, 0.717) is 74.6 Å². The lowest BCUT2D eigenvalue weighted by atomic mass is 9.59. The van der Waals surface area contributed by atoms with Crippen LogP contribution in [0.2, 0.25) is 5.02 Å². The minimum Gasteiger partial charge on any atom is -0.494 e. The first-order valence-electron chi connectivity index (χ1n) is 25.9. The van der Waals surface area contributed by atoms with Crippen LogP contribution in [0.15, 0.2) is 79.0 Å². The van der Waals surface area contributed by atoms with Crippen LogP contribution in [0.25, 0.3) is 0 Å². The highest BCUT2D eigenvalue weighted by molar-refractivity contribution is 6.31. The largest absolute Gasteiger partial charge is 0.494 e. The molecule has 0 radical (unpaired) electrons. The number of amides is 2. The Hall–Kier alpha value is -5.91. The fraction of sp³-hybridized carbons (Fsp3) is 0.526. The van der Waals surface area contributed by atoms with E-state index >= 15 is 0 Å². The van der Waals surface area contributed by atoms with Crippen molar-refractivity contribution in [3.63, 3.8) is 0 Å². The summed E-state index contributed by atoms with van der Waals surface area (Å²) in [5.74, 6) is -1.78. The lowest BCUT2D eigenvalue weighted by Crippen LogP contribution is -2.63. The van der Waals surface area contributed by atoms with E-state index < -0.39 is 41.0 Å². The highest BCUT2D eigenvalue weighted by Crippen LogP contribution is 2.58. The number of esters is 2. The number of hydrogen-bond donors (Lipinski definition) is 1. The van der Waals surface area contributed by atoms with E-state index in [-0.39, 0.29) is 79.7 Å². The third-order valence-electron chi connectivity index (χ3n) is 15.4. The normalized spacial score (nSPS) is 23.0. The van der Waals surface area contributed by atoms with Crippen molar-refractivity contribution in [2.75, 3.05) is 58.8 Å². The molecule has 1 aliphatic heterocycles. The molecule has 18 heteroatoms. The number of nitrogens with one attached hydrogen (secondary N) is 1. The molecule has 4 aromatic rings. The predicted molar refractivity (Wildman–Crippen MR) is 273 cm³/mol. The molecule has 5 atom stereocenters. The number of methoxy groups -OCH3 is 2. The number of nitrogens with zero attached hydrogens (tertiary/aromatic N) is 2. The Labute approximate surface area is 441 Å². The zero-order valence-electron chi connectivity index (χ0n) is 43.0. The fourth-order valence-corrected chi connectivity index (χ4v) is 12.0. The molecule has 3 aliphatic carbocycles. The molecule has 14 nitrogen and oxygen atoms in total. The van der Waals surface area contributed by atoms with Gasteiger partial charge in [-0.15, -0.1) is 0 Å². The first kappa shape index (κ1) is 55.3. The summed E-state index contributed by atoms with van der Waals surface area (Å²) in [6, 6.07) is 19.6. The third-order valence-corrected chi connectivity index (χ3v) is 15.7. The summed E-state index contributed by atoms with van der Waals surface area (Å²) in [7, 11) is 2.38. The molecule has 3 aromatic carbocycles. The van der Waals surface area contributed by atoms with Crippen molar-refractivity contribution in [1.29, 1.82) is 0 Å².